The van der Waals surface area contributed by atoms with Gasteiger partial charge in [0.25, 0.3) is 5.91 Å². The Labute approximate surface area is 170 Å². The molecular formula is C22H27N3O4. The van der Waals surface area contributed by atoms with Crippen LogP contribution in [0.5, 0.6) is 0 Å². The van der Waals surface area contributed by atoms with Gasteiger partial charge in [0, 0.05) is 25.3 Å². The Morgan fingerprint density at radius 1 is 0.931 bits per heavy atom. The van der Waals surface area contributed by atoms with Crippen LogP contribution in [-0.2, 0) is 14.3 Å². The monoisotopic (exact) mass is 397 g/mol. The Morgan fingerprint density at radius 3 is 2.24 bits per heavy atom. The zero-order valence-corrected chi connectivity index (χ0v) is 16.5. The molecule has 0 aliphatic heterocycles. The van der Waals surface area contributed by atoms with Crippen LogP contribution in [-0.4, -0.2) is 44.0 Å². The van der Waals surface area contributed by atoms with E-state index in [-0.39, 0.29) is 18.4 Å². The van der Waals surface area contributed by atoms with Gasteiger partial charge in [0.15, 0.2) is 0 Å². The van der Waals surface area contributed by atoms with Gasteiger partial charge in [-0.15, -0.1) is 0 Å². The molecule has 0 radical (unpaired) electrons. The van der Waals surface area contributed by atoms with E-state index in [9.17, 15) is 14.4 Å². The molecule has 0 aliphatic rings. The number of nitrogens with one attached hydrogen (secondary N) is 3. The van der Waals surface area contributed by atoms with Crippen LogP contribution in [0.2, 0.25) is 0 Å². The maximum atomic E-state index is 12.6. The summed E-state index contributed by atoms with van der Waals surface area (Å²) in [6.45, 7) is 3.32. The largest absolute Gasteiger partial charge is 0.382 e. The topological polar surface area (TPSA) is 96.5 Å². The number of hydrogen-bond acceptors (Lipinski definition) is 4. The third kappa shape index (κ3) is 7.75. The van der Waals surface area contributed by atoms with Gasteiger partial charge in [-0.05, 0) is 31.0 Å². The van der Waals surface area contributed by atoms with Gasteiger partial charge in [-0.3, -0.25) is 14.4 Å². The fourth-order valence-electron chi connectivity index (χ4n) is 2.64. The SMILES string of the molecule is CCOCCCNC(=O)[C@H](NC(=O)CNC(=O)c1ccccc1)c1ccccc1. The van der Waals surface area contributed by atoms with Crippen molar-refractivity contribution in [2.75, 3.05) is 26.3 Å². The van der Waals surface area contributed by atoms with E-state index in [1.807, 2.05) is 13.0 Å². The fraction of sp³-hybridized carbons (Fsp3) is 0.318. The van der Waals surface area contributed by atoms with E-state index in [1.165, 1.54) is 0 Å². The summed E-state index contributed by atoms with van der Waals surface area (Å²) in [5.41, 5.74) is 1.13. The maximum Gasteiger partial charge on any atom is 0.251 e. The minimum atomic E-state index is -0.843. The van der Waals surface area contributed by atoms with Crippen molar-refractivity contribution in [3.05, 3.63) is 71.8 Å². The Balaban J connectivity index is 1.91. The number of amides is 3. The molecular weight excluding hydrogens is 370 g/mol. The predicted octanol–water partition coefficient (Wildman–Crippen LogP) is 1.82. The van der Waals surface area contributed by atoms with Gasteiger partial charge in [0.2, 0.25) is 11.8 Å². The molecule has 0 heterocycles. The fourth-order valence-corrected chi connectivity index (χ4v) is 2.64. The van der Waals surface area contributed by atoms with Crippen LogP contribution in [0.25, 0.3) is 0 Å². The molecule has 2 rings (SSSR count). The molecule has 0 fully saturated rings. The lowest BCUT2D eigenvalue weighted by Crippen LogP contribution is -2.44. The van der Waals surface area contributed by atoms with Crippen LogP contribution in [0.3, 0.4) is 0 Å². The molecule has 0 saturated heterocycles. The molecule has 7 heteroatoms. The zero-order chi connectivity index (χ0) is 20.9. The smallest absolute Gasteiger partial charge is 0.251 e. The Bertz CT molecular complexity index is 781. The van der Waals surface area contributed by atoms with Gasteiger partial charge in [-0.1, -0.05) is 48.5 Å². The molecule has 2 aromatic carbocycles. The van der Waals surface area contributed by atoms with Gasteiger partial charge in [0.05, 0.1) is 6.54 Å². The molecule has 0 aromatic heterocycles. The highest BCUT2D eigenvalue weighted by Crippen LogP contribution is 2.12. The normalized spacial score (nSPS) is 11.3. The molecule has 154 valence electrons. The van der Waals surface area contributed by atoms with Crippen molar-refractivity contribution in [1.29, 1.82) is 0 Å². The number of rotatable bonds is 11. The van der Waals surface area contributed by atoms with Gasteiger partial charge < -0.3 is 20.7 Å². The maximum absolute atomic E-state index is 12.6. The second kappa shape index (κ2) is 12.3. The molecule has 0 unspecified atom stereocenters. The lowest BCUT2D eigenvalue weighted by Gasteiger charge is -2.19. The third-order valence-corrected chi connectivity index (χ3v) is 4.11. The van der Waals surface area contributed by atoms with Crippen LogP contribution in [0.4, 0.5) is 0 Å². The summed E-state index contributed by atoms with van der Waals surface area (Å²) in [5, 5.41) is 8.07. The summed E-state index contributed by atoms with van der Waals surface area (Å²) >= 11 is 0. The van der Waals surface area contributed by atoms with Crippen LogP contribution in [0, 0.1) is 0 Å². The molecule has 0 bridgehead atoms. The summed E-state index contributed by atoms with van der Waals surface area (Å²) in [4.78, 5) is 37.1. The lowest BCUT2D eigenvalue weighted by molar-refractivity contribution is -0.128. The van der Waals surface area contributed by atoms with Gasteiger partial charge in [-0.25, -0.2) is 0 Å². The van der Waals surface area contributed by atoms with Gasteiger partial charge >= 0.3 is 0 Å². The summed E-state index contributed by atoms with van der Waals surface area (Å²) in [5.74, 6) is -1.11. The first kappa shape index (κ1) is 22.1. The second-order valence-corrected chi connectivity index (χ2v) is 6.30. The summed E-state index contributed by atoms with van der Waals surface area (Å²) in [6.07, 6.45) is 0.683. The van der Waals surface area contributed by atoms with E-state index in [1.54, 1.807) is 54.6 Å². The Kier molecular flexibility index (Phi) is 9.38. The summed E-state index contributed by atoms with van der Waals surface area (Å²) in [6, 6.07) is 16.8. The van der Waals surface area contributed by atoms with E-state index >= 15 is 0 Å². The number of carbonyl (C=O) groups excluding carboxylic acids is 3. The minimum Gasteiger partial charge on any atom is -0.382 e. The van der Waals surface area contributed by atoms with Crippen molar-refractivity contribution in [3.8, 4) is 0 Å². The quantitative estimate of drug-likeness (QED) is 0.504. The molecule has 0 spiro atoms. The van der Waals surface area contributed by atoms with Crippen molar-refractivity contribution in [1.82, 2.24) is 16.0 Å². The number of benzene rings is 2. The Morgan fingerprint density at radius 2 is 1.59 bits per heavy atom. The summed E-state index contributed by atoms with van der Waals surface area (Å²) in [7, 11) is 0. The highest BCUT2D eigenvalue weighted by molar-refractivity contribution is 5.97. The van der Waals surface area contributed by atoms with Crippen LogP contribution < -0.4 is 16.0 Å². The van der Waals surface area contributed by atoms with E-state index in [4.69, 9.17) is 4.74 Å². The molecule has 1 atom stereocenters. The third-order valence-electron chi connectivity index (χ3n) is 4.11. The van der Waals surface area contributed by atoms with E-state index < -0.39 is 11.9 Å². The van der Waals surface area contributed by atoms with Gasteiger partial charge in [0.1, 0.15) is 6.04 Å². The van der Waals surface area contributed by atoms with Crippen molar-refractivity contribution in [2.45, 2.75) is 19.4 Å². The number of hydrogen-bond donors (Lipinski definition) is 3. The molecule has 3 amide bonds. The standard InChI is InChI=1S/C22H27N3O4/c1-2-29-15-9-14-23-22(28)20(17-10-5-3-6-11-17)25-19(26)16-24-21(27)18-12-7-4-8-13-18/h3-8,10-13,20H,2,9,14-16H2,1H3,(H,23,28)(H,24,27)(H,25,26)/t20-/m1/s1. The second-order valence-electron chi connectivity index (χ2n) is 6.30. The highest BCUT2D eigenvalue weighted by Gasteiger charge is 2.22. The lowest BCUT2D eigenvalue weighted by atomic mass is 10.1. The highest BCUT2D eigenvalue weighted by atomic mass is 16.5. The molecule has 2 aromatic rings. The zero-order valence-electron chi connectivity index (χ0n) is 16.5. The molecule has 0 aliphatic carbocycles. The first-order chi connectivity index (χ1) is 14.1. The Hall–Kier alpha value is -3.19. The van der Waals surface area contributed by atoms with Crippen LogP contribution >= 0.6 is 0 Å². The average Bonchev–Trinajstić information content (AvgIpc) is 2.76. The minimum absolute atomic E-state index is 0.227. The molecule has 0 saturated carbocycles. The first-order valence-electron chi connectivity index (χ1n) is 9.64. The van der Waals surface area contributed by atoms with E-state index in [2.05, 4.69) is 16.0 Å². The van der Waals surface area contributed by atoms with Crippen molar-refractivity contribution < 1.29 is 19.1 Å². The number of ether oxygens (including phenoxy) is 1. The van der Waals surface area contributed by atoms with Crippen LogP contribution in [0.15, 0.2) is 60.7 Å². The summed E-state index contributed by atoms with van der Waals surface area (Å²) < 4.78 is 5.25. The van der Waals surface area contributed by atoms with Crippen molar-refractivity contribution in [2.24, 2.45) is 0 Å². The van der Waals surface area contributed by atoms with Crippen LogP contribution in [0.1, 0.15) is 35.3 Å². The van der Waals surface area contributed by atoms with E-state index in [0.29, 0.717) is 37.3 Å². The van der Waals surface area contributed by atoms with E-state index in [0.717, 1.165) is 0 Å². The predicted molar refractivity (Wildman–Crippen MR) is 110 cm³/mol. The number of carbonyl (C=O) groups is 3. The average molecular weight is 397 g/mol. The molecule has 7 nitrogen and oxygen atoms in total. The molecule has 3 N–H and O–H groups in total. The van der Waals surface area contributed by atoms with Crippen molar-refractivity contribution in [3.63, 3.8) is 0 Å². The van der Waals surface area contributed by atoms with Gasteiger partial charge in [-0.2, -0.15) is 0 Å². The van der Waals surface area contributed by atoms with Crippen molar-refractivity contribution >= 4 is 17.7 Å². The molecule has 29 heavy (non-hydrogen) atoms. The first-order valence-corrected chi connectivity index (χ1v) is 9.64.